The number of hydrogen-bond acceptors (Lipinski definition) is 2. The van der Waals surface area contributed by atoms with Crippen LogP contribution in [0, 0.1) is 0 Å². The molecular formula is C34H52Br2O2Si2. The molecule has 2 aromatic rings. The lowest BCUT2D eigenvalue weighted by molar-refractivity contribution is 0.257. The maximum absolute atomic E-state index is 6.71. The zero-order valence-corrected chi connectivity index (χ0v) is 32.0. The van der Waals surface area contributed by atoms with Crippen molar-refractivity contribution in [1.29, 1.82) is 0 Å². The molecule has 0 aromatic heterocycles. The minimum atomic E-state index is -1.87. The molecule has 0 aliphatic carbocycles. The van der Waals surface area contributed by atoms with E-state index in [4.69, 9.17) is 8.85 Å². The van der Waals surface area contributed by atoms with E-state index < -0.39 is 16.6 Å². The van der Waals surface area contributed by atoms with Gasteiger partial charge >= 0.3 is 0 Å². The first-order valence-electron chi connectivity index (χ1n) is 14.6. The minimum Gasteiger partial charge on any atom is -0.413 e. The summed E-state index contributed by atoms with van der Waals surface area (Å²) in [6, 6.07) is 15.9. The maximum Gasteiger partial charge on any atom is 0.192 e. The molecule has 0 amide bonds. The topological polar surface area (TPSA) is 18.5 Å². The predicted octanol–water partition coefficient (Wildman–Crippen LogP) is 11.9. The third-order valence-corrected chi connectivity index (χ3v) is 18.3. The third kappa shape index (κ3) is 10.5. The lowest BCUT2D eigenvalue weighted by Crippen LogP contribution is -2.41. The van der Waals surface area contributed by atoms with Gasteiger partial charge in [0.2, 0.25) is 0 Å². The Bertz CT molecular complexity index is 1180. The van der Waals surface area contributed by atoms with Crippen LogP contribution < -0.4 is 0 Å². The van der Waals surface area contributed by atoms with Crippen LogP contribution >= 0.6 is 31.9 Å². The Hall–Kier alpha value is -0.766. The minimum absolute atomic E-state index is 0.180. The van der Waals surface area contributed by atoms with Crippen molar-refractivity contribution >= 4 is 54.1 Å². The van der Waals surface area contributed by atoms with Crippen LogP contribution in [0.5, 0.6) is 0 Å². The molecular weight excluding hydrogens is 656 g/mol. The van der Waals surface area contributed by atoms with Crippen LogP contribution in [0.15, 0.2) is 58.0 Å². The normalized spacial score (nSPS) is 13.5. The highest BCUT2D eigenvalue weighted by molar-refractivity contribution is 9.28. The highest BCUT2D eigenvalue weighted by atomic mass is 79.9. The van der Waals surface area contributed by atoms with Crippen molar-refractivity contribution in [3.05, 3.63) is 85.8 Å². The average molecular weight is 709 g/mol. The van der Waals surface area contributed by atoms with Crippen molar-refractivity contribution < 1.29 is 8.85 Å². The standard InChI is InChI=1S/C34H52Br2O2Si2/c1-12-28(20-21-32(35)36)29-15-13-14-26(22-29)16-17-27-18-19-30(24-37-39(8,9)33(2,3)4)31(23-27)25-38-40(10,11)34(5,6)7/h13-15,18-23H,12,16-17,24-25H2,1-11H3. The van der Waals surface area contributed by atoms with Crippen molar-refractivity contribution in [2.75, 3.05) is 0 Å². The summed E-state index contributed by atoms with van der Waals surface area (Å²) in [6.45, 7) is 26.7. The van der Waals surface area contributed by atoms with Gasteiger partial charge in [0.05, 0.1) is 16.6 Å². The van der Waals surface area contributed by atoms with E-state index in [-0.39, 0.29) is 10.1 Å². The predicted molar refractivity (Wildman–Crippen MR) is 188 cm³/mol. The monoisotopic (exact) mass is 706 g/mol. The summed E-state index contributed by atoms with van der Waals surface area (Å²) in [7, 11) is -3.72. The van der Waals surface area contributed by atoms with Gasteiger partial charge in [-0.3, -0.25) is 0 Å². The van der Waals surface area contributed by atoms with E-state index in [0.717, 1.165) is 22.7 Å². The molecule has 0 aliphatic heterocycles. The maximum atomic E-state index is 6.71. The molecule has 222 valence electrons. The smallest absolute Gasteiger partial charge is 0.192 e. The molecule has 40 heavy (non-hydrogen) atoms. The van der Waals surface area contributed by atoms with Crippen LogP contribution in [0.3, 0.4) is 0 Å². The molecule has 0 radical (unpaired) electrons. The molecule has 0 heterocycles. The Balaban J connectivity index is 2.29. The second kappa shape index (κ2) is 14.6. The Kier molecular flexibility index (Phi) is 12.9. The molecule has 2 nitrogen and oxygen atoms in total. The van der Waals surface area contributed by atoms with Gasteiger partial charge in [-0.15, -0.1) is 0 Å². The van der Waals surface area contributed by atoms with Gasteiger partial charge in [0.15, 0.2) is 16.6 Å². The van der Waals surface area contributed by atoms with Crippen molar-refractivity contribution in [3.63, 3.8) is 0 Å². The number of hydrogen-bond donors (Lipinski definition) is 0. The Morgan fingerprint density at radius 1 is 0.725 bits per heavy atom. The fourth-order valence-corrected chi connectivity index (χ4v) is 6.02. The number of aryl methyl sites for hydroxylation is 2. The Labute approximate surface area is 264 Å². The van der Waals surface area contributed by atoms with Crippen molar-refractivity contribution in [2.45, 2.75) is 117 Å². The second-order valence-electron chi connectivity index (χ2n) is 13.9. The van der Waals surface area contributed by atoms with Gasteiger partial charge in [-0.25, -0.2) is 0 Å². The van der Waals surface area contributed by atoms with Gasteiger partial charge in [-0.1, -0.05) is 97.0 Å². The largest absolute Gasteiger partial charge is 0.413 e. The molecule has 6 heteroatoms. The van der Waals surface area contributed by atoms with Crippen molar-refractivity contribution in [2.24, 2.45) is 0 Å². The van der Waals surface area contributed by atoms with E-state index in [1.807, 2.05) is 0 Å². The van der Waals surface area contributed by atoms with Crippen LogP contribution in [0.25, 0.3) is 5.57 Å². The van der Waals surface area contributed by atoms with Crippen LogP contribution in [0.2, 0.25) is 36.3 Å². The SMILES string of the molecule is CCC(=CC=C(Br)Br)c1cccc(CCc2ccc(CO[Si](C)(C)C(C)(C)C)c(CO[Si](C)(C)C(C)(C)C)c2)c1. The fraction of sp³-hybridized carbons (Fsp3) is 0.529. The van der Waals surface area contributed by atoms with Gasteiger partial charge in [0.1, 0.15) is 0 Å². The molecule has 0 N–H and O–H groups in total. The summed E-state index contributed by atoms with van der Waals surface area (Å²) in [5.41, 5.74) is 7.88. The van der Waals surface area contributed by atoms with Crippen molar-refractivity contribution in [3.8, 4) is 0 Å². The van der Waals surface area contributed by atoms with E-state index >= 15 is 0 Å². The first kappa shape index (κ1) is 35.4. The van der Waals surface area contributed by atoms with Gasteiger partial charge < -0.3 is 8.85 Å². The van der Waals surface area contributed by atoms with E-state index in [9.17, 15) is 0 Å². The molecule has 0 spiro atoms. The molecule has 0 saturated heterocycles. The van der Waals surface area contributed by atoms with Crippen LogP contribution in [-0.4, -0.2) is 16.6 Å². The Morgan fingerprint density at radius 2 is 1.25 bits per heavy atom. The number of benzene rings is 2. The first-order valence-corrected chi connectivity index (χ1v) is 22.0. The van der Waals surface area contributed by atoms with Gasteiger partial charge in [0.25, 0.3) is 0 Å². The molecule has 0 unspecified atom stereocenters. The van der Waals surface area contributed by atoms with E-state index in [2.05, 4.69) is 161 Å². The fourth-order valence-electron chi connectivity index (χ4n) is 3.86. The summed E-state index contributed by atoms with van der Waals surface area (Å²) in [5.74, 6) is 0. The molecule has 0 atom stereocenters. The average Bonchev–Trinajstić information content (AvgIpc) is 2.84. The summed E-state index contributed by atoms with van der Waals surface area (Å²) in [6.07, 6.45) is 7.22. The van der Waals surface area contributed by atoms with E-state index in [1.165, 1.54) is 33.4 Å². The molecule has 0 fully saturated rings. The summed E-state index contributed by atoms with van der Waals surface area (Å²) < 4.78 is 14.3. The summed E-state index contributed by atoms with van der Waals surface area (Å²) >= 11 is 6.92. The highest BCUT2D eigenvalue weighted by Crippen LogP contribution is 2.39. The van der Waals surface area contributed by atoms with Crippen molar-refractivity contribution in [1.82, 2.24) is 0 Å². The lowest BCUT2D eigenvalue weighted by atomic mass is 9.96. The summed E-state index contributed by atoms with van der Waals surface area (Å²) in [4.78, 5) is 0. The number of rotatable bonds is 12. The van der Waals surface area contributed by atoms with Gasteiger partial charge in [-0.2, -0.15) is 0 Å². The number of halogens is 2. The van der Waals surface area contributed by atoms with Gasteiger partial charge in [0, 0.05) is 0 Å². The first-order chi connectivity index (χ1) is 18.4. The van der Waals surface area contributed by atoms with Gasteiger partial charge in [-0.05, 0) is 127 Å². The van der Waals surface area contributed by atoms with E-state index in [0.29, 0.717) is 13.2 Å². The lowest BCUT2D eigenvalue weighted by Gasteiger charge is -2.37. The zero-order valence-electron chi connectivity index (χ0n) is 26.8. The summed E-state index contributed by atoms with van der Waals surface area (Å²) in [5, 5.41) is 0.368. The van der Waals surface area contributed by atoms with Crippen LogP contribution in [0.4, 0.5) is 0 Å². The molecule has 0 bridgehead atoms. The van der Waals surface area contributed by atoms with Crippen LogP contribution in [0.1, 0.15) is 82.7 Å². The second-order valence-corrected chi connectivity index (χ2v) is 26.3. The zero-order chi connectivity index (χ0) is 30.4. The quantitative estimate of drug-likeness (QED) is 0.161. The molecule has 2 rings (SSSR count). The third-order valence-electron chi connectivity index (χ3n) is 8.85. The molecule has 2 aromatic carbocycles. The Morgan fingerprint density at radius 3 is 1.75 bits per heavy atom. The highest BCUT2D eigenvalue weighted by Gasteiger charge is 2.38. The number of allylic oxidation sites excluding steroid dienone is 3. The molecule has 0 aliphatic rings. The van der Waals surface area contributed by atoms with E-state index in [1.54, 1.807) is 0 Å². The van der Waals surface area contributed by atoms with Crippen LogP contribution in [-0.2, 0) is 34.9 Å². The molecule has 0 saturated carbocycles.